The van der Waals surface area contributed by atoms with Crippen molar-refractivity contribution in [3.8, 4) is 5.69 Å². The third-order valence-electron chi connectivity index (χ3n) is 7.24. The van der Waals surface area contributed by atoms with Gasteiger partial charge in [-0.25, -0.2) is 14.6 Å². The second kappa shape index (κ2) is 12.2. The van der Waals surface area contributed by atoms with Crippen LogP contribution in [0.25, 0.3) is 16.7 Å². The molecule has 44 heavy (non-hydrogen) atoms. The molecule has 0 N–H and O–H groups in total. The van der Waals surface area contributed by atoms with Crippen LogP contribution in [0.2, 0.25) is 10.2 Å². The normalized spacial score (nSPS) is 17.2. The van der Waals surface area contributed by atoms with E-state index in [9.17, 15) is 24.5 Å². The zero-order valence-electron chi connectivity index (χ0n) is 25.7. The van der Waals surface area contributed by atoms with Crippen LogP contribution in [0.15, 0.2) is 23.1 Å². The third kappa shape index (κ3) is 6.03. The number of rotatable bonds is 5. The highest BCUT2D eigenvalue weighted by Crippen LogP contribution is 2.40. The van der Waals surface area contributed by atoms with Crippen LogP contribution in [-0.4, -0.2) is 74.3 Å². The molecule has 0 bridgehead atoms. The Labute approximate surface area is 263 Å². The zero-order chi connectivity index (χ0) is 32.8. The van der Waals surface area contributed by atoms with Gasteiger partial charge in [-0.2, -0.15) is 0 Å². The van der Waals surface area contributed by atoms with E-state index in [2.05, 4.69) is 9.97 Å². The van der Waals surface area contributed by atoms with Gasteiger partial charge < -0.3 is 19.3 Å². The summed E-state index contributed by atoms with van der Waals surface area (Å²) in [7, 11) is 1.16. The average molecular weight is 650 g/mol. The van der Waals surface area contributed by atoms with E-state index in [4.69, 9.17) is 32.7 Å². The van der Waals surface area contributed by atoms with Gasteiger partial charge in [-0.15, -0.1) is 0 Å². The van der Waals surface area contributed by atoms with Crippen molar-refractivity contribution in [1.29, 1.82) is 0 Å². The second-order valence-electron chi connectivity index (χ2n) is 11.9. The summed E-state index contributed by atoms with van der Waals surface area (Å²) in [5.74, 6) is -0.950. The van der Waals surface area contributed by atoms with E-state index in [-0.39, 0.29) is 45.9 Å². The van der Waals surface area contributed by atoms with Crippen LogP contribution in [0.4, 0.5) is 16.2 Å². The molecule has 236 valence electrons. The molecule has 0 aliphatic carbocycles. The Morgan fingerprint density at radius 3 is 2.41 bits per heavy atom. The molecule has 3 aromatic heterocycles. The van der Waals surface area contributed by atoms with E-state index >= 15 is 0 Å². The standard InChI is InChI=1S/C29H34Cl2N6O7/c1-14(2)20-21(15(3)9-10-32-20)36-25-17(11-18(30)24(31)33-25)22(23(26(36)38)37(41)42)35-12-16(4)34(13-19(35)27(39)43-8)28(40)44-29(5,6)7/h9-11,14,16,19H,12-13H2,1-8H3/t16-,19?/m1/s1. The van der Waals surface area contributed by atoms with E-state index < -0.39 is 45.9 Å². The van der Waals surface area contributed by atoms with E-state index in [0.29, 0.717) is 16.9 Å². The molecule has 0 radical (unpaired) electrons. The number of halogens is 2. The first-order chi connectivity index (χ1) is 20.5. The van der Waals surface area contributed by atoms with Crippen molar-refractivity contribution in [3.63, 3.8) is 0 Å². The lowest BCUT2D eigenvalue weighted by atomic mass is 10.0. The molecule has 1 amide bonds. The van der Waals surface area contributed by atoms with Crippen molar-refractivity contribution in [2.45, 2.75) is 72.1 Å². The number of aryl methyl sites for hydroxylation is 1. The first kappa shape index (κ1) is 32.9. The molecule has 3 aromatic rings. The number of ether oxygens (including phenoxy) is 2. The Morgan fingerprint density at radius 1 is 1.18 bits per heavy atom. The molecule has 4 rings (SSSR count). The molecule has 1 saturated heterocycles. The fraction of sp³-hybridized carbons (Fsp3) is 0.483. The first-order valence-corrected chi connectivity index (χ1v) is 14.6. The molecule has 0 aromatic carbocycles. The van der Waals surface area contributed by atoms with Gasteiger partial charge in [0.15, 0.2) is 5.65 Å². The molecule has 0 saturated carbocycles. The molecule has 2 atom stereocenters. The first-order valence-electron chi connectivity index (χ1n) is 13.9. The Kier molecular flexibility index (Phi) is 9.13. The highest BCUT2D eigenvalue weighted by atomic mass is 35.5. The Hall–Kier alpha value is -3.97. The number of nitrogens with zero attached hydrogens (tertiary/aromatic N) is 6. The van der Waals surface area contributed by atoms with Crippen molar-refractivity contribution < 1.29 is 24.0 Å². The van der Waals surface area contributed by atoms with Crippen LogP contribution < -0.4 is 10.5 Å². The number of aromatic nitrogens is 3. The summed E-state index contributed by atoms with van der Waals surface area (Å²) in [6, 6.07) is 1.21. The van der Waals surface area contributed by atoms with Gasteiger partial charge in [-0.05, 0) is 58.2 Å². The number of fused-ring (bicyclic) bond motifs is 1. The Morgan fingerprint density at radius 2 is 1.84 bits per heavy atom. The molecule has 1 aliphatic rings. The van der Waals surface area contributed by atoms with Crippen LogP contribution in [0.3, 0.4) is 0 Å². The van der Waals surface area contributed by atoms with Gasteiger partial charge in [0.25, 0.3) is 0 Å². The minimum atomic E-state index is -1.25. The second-order valence-corrected chi connectivity index (χ2v) is 12.7. The smallest absolute Gasteiger partial charge is 0.410 e. The Bertz CT molecular complexity index is 1720. The van der Waals surface area contributed by atoms with E-state index in [1.54, 1.807) is 46.9 Å². The van der Waals surface area contributed by atoms with Gasteiger partial charge >= 0.3 is 23.3 Å². The van der Waals surface area contributed by atoms with Gasteiger partial charge in [0.2, 0.25) is 0 Å². The highest BCUT2D eigenvalue weighted by molar-refractivity contribution is 6.41. The quantitative estimate of drug-likeness (QED) is 0.152. The number of amides is 1. The SMILES string of the molecule is COC(=O)C1CN(C(=O)OC(C)(C)C)[C@H](C)CN1c1c([N+](=O)[O-])c(=O)n(-c2c(C)ccnc2C(C)C)c2nc(Cl)c(Cl)cc12. The number of piperazine rings is 1. The van der Waals surface area contributed by atoms with E-state index in [1.165, 1.54) is 15.9 Å². The van der Waals surface area contributed by atoms with Crippen molar-refractivity contribution in [2.24, 2.45) is 0 Å². The number of anilines is 1. The molecule has 15 heteroatoms. The minimum absolute atomic E-state index is 0.0196. The third-order valence-corrected chi connectivity index (χ3v) is 7.92. The fourth-order valence-corrected chi connectivity index (χ4v) is 5.60. The summed E-state index contributed by atoms with van der Waals surface area (Å²) in [5, 5.41) is 12.7. The lowest BCUT2D eigenvalue weighted by molar-refractivity contribution is -0.385. The molecule has 1 fully saturated rings. The molecule has 13 nitrogen and oxygen atoms in total. The topological polar surface area (TPSA) is 150 Å². The zero-order valence-corrected chi connectivity index (χ0v) is 27.2. The number of pyridine rings is 3. The summed E-state index contributed by atoms with van der Waals surface area (Å²) in [6.45, 7) is 12.0. The van der Waals surface area contributed by atoms with E-state index in [0.717, 1.165) is 11.7 Å². The van der Waals surface area contributed by atoms with Crippen molar-refractivity contribution in [3.05, 3.63) is 60.2 Å². The highest BCUT2D eigenvalue weighted by Gasteiger charge is 2.44. The average Bonchev–Trinajstić information content (AvgIpc) is 2.92. The van der Waals surface area contributed by atoms with E-state index in [1.807, 2.05) is 13.8 Å². The van der Waals surface area contributed by atoms with Gasteiger partial charge in [-0.1, -0.05) is 37.0 Å². The fourth-order valence-electron chi connectivity index (χ4n) is 5.32. The van der Waals surface area contributed by atoms with Crippen molar-refractivity contribution >= 4 is 57.7 Å². The summed E-state index contributed by atoms with van der Waals surface area (Å²) in [6.07, 6.45) is 0.923. The van der Waals surface area contributed by atoms with Crippen molar-refractivity contribution in [2.75, 3.05) is 25.1 Å². The summed E-state index contributed by atoms with van der Waals surface area (Å²) >= 11 is 12.8. The Balaban J connectivity index is 2.09. The summed E-state index contributed by atoms with van der Waals surface area (Å²) in [5.41, 5.74) is -1.40. The maximum atomic E-state index is 14.3. The van der Waals surface area contributed by atoms with Crippen LogP contribution >= 0.6 is 23.2 Å². The van der Waals surface area contributed by atoms with Crippen LogP contribution in [0, 0.1) is 17.0 Å². The number of nitro groups is 1. The lowest BCUT2D eigenvalue weighted by Gasteiger charge is -2.44. The van der Waals surface area contributed by atoms with Crippen LogP contribution in [0.5, 0.6) is 0 Å². The largest absolute Gasteiger partial charge is 0.467 e. The summed E-state index contributed by atoms with van der Waals surface area (Å²) < 4.78 is 11.7. The maximum Gasteiger partial charge on any atom is 0.410 e. The molecule has 1 aliphatic heterocycles. The monoisotopic (exact) mass is 648 g/mol. The summed E-state index contributed by atoms with van der Waals surface area (Å²) in [4.78, 5) is 64.3. The van der Waals surface area contributed by atoms with Crippen molar-refractivity contribution in [1.82, 2.24) is 19.4 Å². The number of esters is 1. The van der Waals surface area contributed by atoms with Gasteiger partial charge in [0.1, 0.15) is 22.5 Å². The van der Waals surface area contributed by atoms with Gasteiger partial charge in [0.05, 0.1) is 40.4 Å². The lowest BCUT2D eigenvalue weighted by Crippen LogP contribution is -2.62. The van der Waals surface area contributed by atoms with Crippen LogP contribution in [-0.2, 0) is 14.3 Å². The number of carbonyl (C=O) groups excluding carboxylic acids is 2. The maximum absolute atomic E-state index is 14.3. The minimum Gasteiger partial charge on any atom is -0.467 e. The van der Waals surface area contributed by atoms with Gasteiger partial charge in [0, 0.05) is 18.8 Å². The molecule has 1 unspecified atom stereocenters. The predicted octanol–water partition coefficient (Wildman–Crippen LogP) is 5.41. The predicted molar refractivity (Wildman–Crippen MR) is 166 cm³/mol. The number of hydrogen-bond donors (Lipinski definition) is 0. The number of methoxy groups -OCH3 is 1. The number of hydrogen-bond acceptors (Lipinski definition) is 10. The molecular formula is C29H34Cl2N6O7. The molecule has 0 spiro atoms. The van der Waals surface area contributed by atoms with Crippen LogP contribution in [0.1, 0.15) is 58.7 Å². The number of carbonyl (C=O) groups is 2. The molecular weight excluding hydrogens is 615 g/mol. The molecule has 4 heterocycles. The van der Waals surface area contributed by atoms with Gasteiger partial charge in [-0.3, -0.25) is 24.5 Å².